The van der Waals surface area contributed by atoms with Gasteiger partial charge in [0.1, 0.15) is 11.2 Å². The van der Waals surface area contributed by atoms with Crippen LogP contribution in [0.1, 0.15) is 23.0 Å². The molecule has 1 aliphatic heterocycles. The fraction of sp³-hybridized carbons (Fsp3) is 0.167. The van der Waals surface area contributed by atoms with E-state index in [1.54, 1.807) is 19.2 Å². The summed E-state index contributed by atoms with van der Waals surface area (Å²) >= 11 is 0. The molecule has 0 spiro atoms. The van der Waals surface area contributed by atoms with Gasteiger partial charge in [-0.15, -0.1) is 0 Å². The zero-order chi connectivity index (χ0) is 21.0. The Morgan fingerprint density at radius 2 is 1.67 bits per heavy atom. The number of aromatic nitrogens is 2. The minimum absolute atomic E-state index is 0.255. The van der Waals surface area contributed by atoms with E-state index in [1.165, 1.54) is 16.6 Å². The van der Waals surface area contributed by atoms with E-state index in [1.807, 2.05) is 72.3 Å². The van der Waals surface area contributed by atoms with Crippen molar-refractivity contribution in [3.63, 3.8) is 0 Å². The Morgan fingerprint density at radius 1 is 0.967 bits per heavy atom. The standard InChI is InChI=1S/C24H21N3O3/c1-24(30-3)26(14-13-16-9-5-4-6-10-16)22(28)20-15-18-17-11-7-8-12-19(17)25(2)21(18)23(29)27(20)24/h4-15H,1-3H3/b14-13-/t24-/m0/s1. The third-order valence-corrected chi connectivity index (χ3v) is 5.98. The van der Waals surface area contributed by atoms with E-state index in [9.17, 15) is 9.59 Å². The predicted octanol–water partition coefficient (Wildman–Crippen LogP) is 3.90. The van der Waals surface area contributed by atoms with Crippen LogP contribution in [0.15, 0.2) is 71.7 Å². The number of hydrogen-bond donors (Lipinski definition) is 0. The van der Waals surface area contributed by atoms with Gasteiger partial charge in [0.25, 0.3) is 11.5 Å². The van der Waals surface area contributed by atoms with Crippen LogP contribution < -0.4 is 5.56 Å². The fourth-order valence-corrected chi connectivity index (χ4v) is 4.35. The highest BCUT2D eigenvalue weighted by atomic mass is 16.5. The van der Waals surface area contributed by atoms with Crippen LogP contribution in [-0.2, 0) is 17.6 Å². The SMILES string of the molecule is CO[C@@]1(C)N(/C=C\c2ccccc2)C(=O)c2cc3c4ccccc4n(C)c3c(=O)n21. The quantitative estimate of drug-likeness (QED) is 0.525. The molecular weight excluding hydrogens is 378 g/mol. The molecule has 1 amide bonds. The van der Waals surface area contributed by atoms with Crippen molar-refractivity contribution < 1.29 is 9.53 Å². The Hall–Kier alpha value is -3.64. The summed E-state index contributed by atoms with van der Waals surface area (Å²) in [4.78, 5) is 28.4. The number of nitrogens with zero attached hydrogens (tertiary/aromatic N) is 3. The Kier molecular flexibility index (Phi) is 3.95. The molecule has 6 heteroatoms. The summed E-state index contributed by atoms with van der Waals surface area (Å²) in [6.07, 6.45) is 3.51. The molecule has 3 heterocycles. The van der Waals surface area contributed by atoms with Crippen molar-refractivity contribution in [2.45, 2.75) is 12.8 Å². The summed E-state index contributed by atoms with van der Waals surface area (Å²) in [6.45, 7) is 1.73. The number of amides is 1. The van der Waals surface area contributed by atoms with Gasteiger partial charge in [-0.25, -0.2) is 0 Å². The third-order valence-electron chi connectivity index (χ3n) is 5.98. The Bertz CT molecular complexity index is 1400. The van der Waals surface area contributed by atoms with Gasteiger partial charge in [-0.05, 0) is 23.8 Å². The smallest absolute Gasteiger partial charge is 0.279 e. The van der Waals surface area contributed by atoms with Crippen molar-refractivity contribution in [1.29, 1.82) is 0 Å². The van der Waals surface area contributed by atoms with Crippen molar-refractivity contribution in [2.75, 3.05) is 7.11 Å². The number of methoxy groups -OCH3 is 1. The van der Waals surface area contributed by atoms with Crippen LogP contribution in [0, 0.1) is 0 Å². The molecule has 0 saturated heterocycles. The Morgan fingerprint density at radius 3 is 2.40 bits per heavy atom. The number of fused-ring (bicyclic) bond motifs is 4. The lowest BCUT2D eigenvalue weighted by Crippen LogP contribution is -2.46. The van der Waals surface area contributed by atoms with E-state index < -0.39 is 5.85 Å². The van der Waals surface area contributed by atoms with Crippen LogP contribution >= 0.6 is 0 Å². The molecule has 1 atom stereocenters. The number of pyridine rings is 1. The van der Waals surface area contributed by atoms with Crippen LogP contribution in [0.3, 0.4) is 0 Å². The fourth-order valence-electron chi connectivity index (χ4n) is 4.35. The number of aryl methyl sites for hydroxylation is 1. The summed E-state index contributed by atoms with van der Waals surface area (Å²) in [6, 6.07) is 19.3. The molecule has 0 bridgehead atoms. The first-order chi connectivity index (χ1) is 14.5. The number of hydrogen-bond acceptors (Lipinski definition) is 3. The first kappa shape index (κ1) is 18.4. The highest BCUT2D eigenvalue weighted by Crippen LogP contribution is 2.35. The van der Waals surface area contributed by atoms with Crippen molar-refractivity contribution in [1.82, 2.24) is 14.0 Å². The number of benzene rings is 2. The second-order valence-corrected chi connectivity index (χ2v) is 7.55. The summed E-state index contributed by atoms with van der Waals surface area (Å²) in [5.41, 5.74) is 2.50. The number of carbonyl (C=O) groups excluding carboxylic acids is 1. The highest BCUT2D eigenvalue weighted by molar-refractivity contribution is 6.10. The molecular formula is C24H21N3O3. The summed E-state index contributed by atoms with van der Waals surface area (Å²) in [5.74, 6) is -1.54. The van der Waals surface area contributed by atoms with Crippen LogP contribution in [0.2, 0.25) is 0 Å². The zero-order valence-electron chi connectivity index (χ0n) is 17.0. The van der Waals surface area contributed by atoms with Gasteiger partial charge >= 0.3 is 0 Å². The number of carbonyl (C=O) groups is 1. The van der Waals surface area contributed by atoms with E-state index in [0.29, 0.717) is 11.2 Å². The number of ether oxygens (including phenoxy) is 1. The molecule has 0 fully saturated rings. The first-order valence-electron chi connectivity index (χ1n) is 9.73. The molecule has 0 saturated carbocycles. The van der Waals surface area contributed by atoms with Gasteiger partial charge in [-0.1, -0.05) is 48.5 Å². The van der Waals surface area contributed by atoms with Gasteiger partial charge in [0.2, 0.25) is 5.85 Å². The van der Waals surface area contributed by atoms with Crippen molar-refractivity contribution in [2.24, 2.45) is 7.05 Å². The topological polar surface area (TPSA) is 56.5 Å². The van der Waals surface area contributed by atoms with Crippen molar-refractivity contribution in [3.05, 3.63) is 88.5 Å². The number of para-hydroxylation sites is 1. The second-order valence-electron chi connectivity index (χ2n) is 7.55. The maximum Gasteiger partial charge on any atom is 0.279 e. The minimum atomic E-state index is -1.26. The van der Waals surface area contributed by atoms with Crippen LogP contribution in [0.25, 0.3) is 27.9 Å². The lowest BCUT2D eigenvalue weighted by molar-refractivity contribution is -0.135. The van der Waals surface area contributed by atoms with Gasteiger partial charge in [-0.2, -0.15) is 0 Å². The van der Waals surface area contributed by atoms with E-state index >= 15 is 0 Å². The van der Waals surface area contributed by atoms with Gasteiger partial charge in [-0.3, -0.25) is 19.1 Å². The second kappa shape index (κ2) is 6.43. The van der Waals surface area contributed by atoms with Gasteiger partial charge in [0.05, 0.1) is 0 Å². The normalized spacial score (nSPS) is 18.8. The molecule has 0 aliphatic carbocycles. The monoisotopic (exact) mass is 399 g/mol. The van der Waals surface area contributed by atoms with Crippen LogP contribution in [0.4, 0.5) is 0 Å². The maximum atomic E-state index is 13.6. The summed E-state index contributed by atoms with van der Waals surface area (Å²) in [5, 5.41) is 1.71. The lowest BCUT2D eigenvalue weighted by Gasteiger charge is -2.32. The highest BCUT2D eigenvalue weighted by Gasteiger charge is 2.47. The number of rotatable bonds is 3. The molecule has 1 aliphatic rings. The first-order valence-corrected chi connectivity index (χ1v) is 9.73. The average molecular weight is 399 g/mol. The molecule has 0 radical (unpaired) electrons. The van der Waals surface area contributed by atoms with Crippen LogP contribution in [0.5, 0.6) is 0 Å². The molecule has 0 N–H and O–H groups in total. The summed E-state index contributed by atoms with van der Waals surface area (Å²) in [7, 11) is 3.37. The van der Waals surface area contributed by atoms with E-state index in [-0.39, 0.29) is 11.5 Å². The molecule has 5 rings (SSSR count). The van der Waals surface area contributed by atoms with E-state index in [4.69, 9.17) is 4.74 Å². The van der Waals surface area contributed by atoms with E-state index in [0.717, 1.165) is 21.9 Å². The molecule has 0 unspecified atom stereocenters. The molecule has 150 valence electrons. The molecule has 4 aromatic rings. The largest absolute Gasteiger partial charge is 0.341 e. The molecule has 6 nitrogen and oxygen atoms in total. The lowest BCUT2D eigenvalue weighted by atomic mass is 10.1. The predicted molar refractivity (Wildman–Crippen MR) is 117 cm³/mol. The third kappa shape index (κ3) is 2.34. The maximum absolute atomic E-state index is 13.6. The molecule has 30 heavy (non-hydrogen) atoms. The Labute approximate surface area is 173 Å². The summed E-state index contributed by atoms with van der Waals surface area (Å²) < 4.78 is 9.08. The van der Waals surface area contributed by atoms with Gasteiger partial charge in [0.15, 0.2) is 0 Å². The molecule has 2 aromatic heterocycles. The minimum Gasteiger partial charge on any atom is -0.341 e. The zero-order valence-corrected chi connectivity index (χ0v) is 17.0. The average Bonchev–Trinajstić information content (AvgIpc) is 3.18. The van der Waals surface area contributed by atoms with Crippen molar-refractivity contribution >= 4 is 33.8 Å². The van der Waals surface area contributed by atoms with E-state index in [2.05, 4.69) is 0 Å². The Balaban J connectivity index is 1.76. The van der Waals surface area contributed by atoms with Gasteiger partial charge in [0, 0.05) is 43.6 Å². The van der Waals surface area contributed by atoms with Gasteiger partial charge < -0.3 is 9.30 Å². The van der Waals surface area contributed by atoms with Crippen LogP contribution in [-0.4, -0.2) is 27.1 Å². The van der Waals surface area contributed by atoms with Crippen molar-refractivity contribution in [3.8, 4) is 0 Å². The molecule has 2 aromatic carbocycles.